The molecule has 5 heteroatoms. The number of methoxy groups -OCH3 is 1. The van der Waals surface area contributed by atoms with E-state index >= 15 is 0 Å². The lowest BCUT2D eigenvalue weighted by Crippen LogP contribution is -2.43. The lowest BCUT2D eigenvalue weighted by atomic mass is 10.1. The average Bonchev–Trinajstić information content (AvgIpc) is 2.29. The number of rotatable bonds is 10. The van der Waals surface area contributed by atoms with Crippen molar-refractivity contribution >= 4 is 5.91 Å². The van der Waals surface area contributed by atoms with E-state index in [4.69, 9.17) is 9.47 Å². The third-order valence-electron chi connectivity index (χ3n) is 2.25. The zero-order valence-corrected chi connectivity index (χ0v) is 12.2. The van der Waals surface area contributed by atoms with Crippen LogP contribution in [0.3, 0.4) is 0 Å². The van der Waals surface area contributed by atoms with Gasteiger partial charge >= 0.3 is 0 Å². The molecule has 0 aliphatic heterocycles. The van der Waals surface area contributed by atoms with E-state index in [9.17, 15) is 4.79 Å². The molecule has 0 aliphatic carbocycles. The van der Waals surface area contributed by atoms with Gasteiger partial charge in [0.15, 0.2) is 0 Å². The van der Waals surface area contributed by atoms with Crippen LogP contribution in [0.25, 0.3) is 0 Å². The SMILES string of the molecule is COCCOCCCCNC(=O)CNC(C)(C)C. The number of amides is 1. The first kappa shape index (κ1) is 17.4. The van der Waals surface area contributed by atoms with Gasteiger partial charge in [-0.1, -0.05) is 0 Å². The molecule has 0 fully saturated rings. The molecule has 18 heavy (non-hydrogen) atoms. The molecule has 0 radical (unpaired) electrons. The van der Waals surface area contributed by atoms with Crippen LogP contribution in [-0.2, 0) is 14.3 Å². The van der Waals surface area contributed by atoms with Gasteiger partial charge in [0.25, 0.3) is 0 Å². The molecule has 2 N–H and O–H groups in total. The van der Waals surface area contributed by atoms with Gasteiger partial charge in [-0.3, -0.25) is 4.79 Å². The van der Waals surface area contributed by atoms with E-state index in [0.29, 0.717) is 26.3 Å². The molecule has 0 heterocycles. The smallest absolute Gasteiger partial charge is 0.233 e. The lowest BCUT2D eigenvalue weighted by Gasteiger charge is -2.19. The standard InChI is InChI=1S/C13H28N2O3/c1-13(2,3)15-11-12(16)14-7-5-6-8-18-10-9-17-4/h15H,5-11H2,1-4H3,(H,14,16). The predicted molar refractivity (Wildman–Crippen MR) is 72.7 cm³/mol. The van der Waals surface area contributed by atoms with E-state index in [1.54, 1.807) is 7.11 Å². The van der Waals surface area contributed by atoms with E-state index in [1.807, 2.05) is 20.8 Å². The van der Waals surface area contributed by atoms with Crippen LogP contribution in [0.15, 0.2) is 0 Å². The summed E-state index contributed by atoms with van der Waals surface area (Å²) in [5.74, 6) is 0.0465. The summed E-state index contributed by atoms with van der Waals surface area (Å²) in [5, 5.41) is 6.02. The van der Waals surface area contributed by atoms with Crippen molar-refractivity contribution in [1.29, 1.82) is 0 Å². The van der Waals surface area contributed by atoms with E-state index in [2.05, 4.69) is 10.6 Å². The Morgan fingerprint density at radius 1 is 1.11 bits per heavy atom. The Balaban J connectivity index is 3.25. The summed E-state index contributed by atoms with van der Waals surface area (Å²) < 4.78 is 10.2. The Bertz CT molecular complexity index is 215. The molecule has 0 saturated heterocycles. The van der Waals surface area contributed by atoms with Crippen LogP contribution in [0.1, 0.15) is 33.6 Å². The summed E-state index contributed by atoms with van der Waals surface area (Å²) in [6, 6.07) is 0. The molecule has 0 unspecified atom stereocenters. The maximum absolute atomic E-state index is 11.4. The number of carbonyl (C=O) groups is 1. The Labute approximate surface area is 111 Å². The van der Waals surface area contributed by atoms with Gasteiger partial charge in [-0.15, -0.1) is 0 Å². The van der Waals surface area contributed by atoms with Gasteiger partial charge < -0.3 is 20.1 Å². The van der Waals surface area contributed by atoms with Crippen molar-refractivity contribution in [2.45, 2.75) is 39.2 Å². The minimum absolute atomic E-state index is 0.0213. The number of unbranched alkanes of at least 4 members (excludes halogenated alkanes) is 1. The zero-order valence-electron chi connectivity index (χ0n) is 12.2. The van der Waals surface area contributed by atoms with Crippen LogP contribution in [0.4, 0.5) is 0 Å². The Hall–Kier alpha value is -0.650. The van der Waals surface area contributed by atoms with Crippen molar-refractivity contribution in [3.05, 3.63) is 0 Å². The van der Waals surface area contributed by atoms with Crippen LogP contribution < -0.4 is 10.6 Å². The first-order valence-corrected chi connectivity index (χ1v) is 6.54. The Morgan fingerprint density at radius 3 is 2.44 bits per heavy atom. The molecule has 0 aromatic heterocycles. The first-order valence-electron chi connectivity index (χ1n) is 6.54. The van der Waals surface area contributed by atoms with Crippen molar-refractivity contribution in [3.63, 3.8) is 0 Å². The maximum atomic E-state index is 11.4. The molecule has 0 aromatic carbocycles. The van der Waals surface area contributed by atoms with Gasteiger partial charge in [0, 0.05) is 25.8 Å². The van der Waals surface area contributed by atoms with Crippen LogP contribution in [0, 0.1) is 0 Å². The molecule has 0 bridgehead atoms. The Morgan fingerprint density at radius 2 is 1.83 bits per heavy atom. The second-order valence-corrected chi connectivity index (χ2v) is 5.27. The van der Waals surface area contributed by atoms with Gasteiger partial charge in [-0.05, 0) is 33.6 Å². The molecule has 0 atom stereocenters. The van der Waals surface area contributed by atoms with Crippen LogP contribution in [0.5, 0.6) is 0 Å². The number of carbonyl (C=O) groups excluding carboxylic acids is 1. The monoisotopic (exact) mass is 260 g/mol. The van der Waals surface area contributed by atoms with Gasteiger partial charge in [0.2, 0.25) is 5.91 Å². The number of hydrogen-bond donors (Lipinski definition) is 2. The minimum atomic E-state index is -0.0213. The molecular weight excluding hydrogens is 232 g/mol. The zero-order chi connectivity index (χ0) is 13.9. The van der Waals surface area contributed by atoms with Crippen LogP contribution in [-0.4, -0.2) is 51.5 Å². The van der Waals surface area contributed by atoms with E-state index in [-0.39, 0.29) is 11.4 Å². The third-order valence-corrected chi connectivity index (χ3v) is 2.25. The van der Waals surface area contributed by atoms with Crippen molar-refractivity contribution in [2.24, 2.45) is 0 Å². The highest BCUT2D eigenvalue weighted by Crippen LogP contribution is 1.96. The van der Waals surface area contributed by atoms with Gasteiger partial charge in [0.05, 0.1) is 19.8 Å². The summed E-state index contributed by atoms with van der Waals surface area (Å²) in [7, 11) is 1.66. The van der Waals surface area contributed by atoms with Crippen molar-refractivity contribution in [1.82, 2.24) is 10.6 Å². The van der Waals surface area contributed by atoms with Crippen LogP contribution >= 0.6 is 0 Å². The summed E-state index contributed by atoms with van der Waals surface area (Å²) in [6.07, 6.45) is 1.89. The molecule has 0 aromatic rings. The topological polar surface area (TPSA) is 59.6 Å². The fourth-order valence-corrected chi connectivity index (χ4v) is 1.21. The van der Waals surface area contributed by atoms with E-state index < -0.39 is 0 Å². The number of hydrogen-bond acceptors (Lipinski definition) is 4. The molecule has 0 rings (SSSR count). The van der Waals surface area contributed by atoms with Gasteiger partial charge in [-0.25, -0.2) is 0 Å². The van der Waals surface area contributed by atoms with E-state index in [1.165, 1.54) is 0 Å². The molecule has 1 amide bonds. The highest BCUT2D eigenvalue weighted by molar-refractivity contribution is 5.78. The largest absolute Gasteiger partial charge is 0.382 e. The summed E-state index contributed by atoms with van der Waals surface area (Å²) in [5.41, 5.74) is -0.0213. The Kier molecular flexibility index (Phi) is 9.92. The van der Waals surface area contributed by atoms with Gasteiger partial charge in [0.1, 0.15) is 0 Å². The quantitative estimate of drug-likeness (QED) is 0.574. The maximum Gasteiger partial charge on any atom is 0.233 e. The summed E-state index contributed by atoms with van der Waals surface area (Å²) in [6.45, 7) is 9.19. The molecule has 0 aliphatic rings. The number of ether oxygens (including phenoxy) is 2. The highest BCUT2D eigenvalue weighted by Gasteiger charge is 2.10. The highest BCUT2D eigenvalue weighted by atomic mass is 16.5. The first-order chi connectivity index (χ1) is 8.45. The minimum Gasteiger partial charge on any atom is -0.382 e. The van der Waals surface area contributed by atoms with Crippen LogP contribution in [0.2, 0.25) is 0 Å². The molecule has 0 saturated carbocycles. The third kappa shape index (κ3) is 13.4. The van der Waals surface area contributed by atoms with Crippen molar-refractivity contribution < 1.29 is 14.3 Å². The molecule has 5 nitrogen and oxygen atoms in total. The normalized spacial score (nSPS) is 11.6. The lowest BCUT2D eigenvalue weighted by molar-refractivity contribution is -0.120. The molecular formula is C13H28N2O3. The molecule has 108 valence electrons. The number of nitrogens with one attached hydrogen (secondary N) is 2. The fourth-order valence-electron chi connectivity index (χ4n) is 1.21. The van der Waals surface area contributed by atoms with E-state index in [0.717, 1.165) is 19.4 Å². The summed E-state index contributed by atoms with van der Waals surface area (Å²) >= 11 is 0. The second kappa shape index (κ2) is 10.3. The average molecular weight is 260 g/mol. The summed E-state index contributed by atoms with van der Waals surface area (Å²) in [4.78, 5) is 11.4. The second-order valence-electron chi connectivity index (χ2n) is 5.27. The van der Waals surface area contributed by atoms with Crippen molar-refractivity contribution in [2.75, 3.05) is 40.0 Å². The van der Waals surface area contributed by atoms with Gasteiger partial charge in [-0.2, -0.15) is 0 Å². The van der Waals surface area contributed by atoms with Crippen molar-refractivity contribution in [3.8, 4) is 0 Å². The molecule has 0 spiro atoms. The fraction of sp³-hybridized carbons (Fsp3) is 0.923. The predicted octanol–water partition coefficient (Wildman–Crippen LogP) is 0.934.